The number of anilines is 1. The van der Waals surface area contributed by atoms with Gasteiger partial charge in [-0.1, -0.05) is 48.0 Å². The van der Waals surface area contributed by atoms with E-state index in [2.05, 4.69) is 0 Å². The summed E-state index contributed by atoms with van der Waals surface area (Å²) in [6.45, 7) is 3.65. The van der Waals surface area contributed by atoms with E-state index in [0.717, 1.165) is 0 Å². The molecule has 1 atom stereocenters. The number of hydrogen-bond acceptors (Lipinski definition) is 3. The van der Waals surface area contributed by atoms with Crippen molar-refractivity contribution in [2.24, 2.45) is 0 Å². The molecule has 6 heteroatoms. The van der Waals surface area contributed by atoms with E-state index < -0.39 is 21.0 Å². The number of hydrogen-bond donors (Lipinski definition) is 0. The molecule has 1 amide bonds. The highest BCUT2D eigenvalue weighted by atomic mass is 35.5. The molecule has 0 saturated heterocycles. The maximum absolute atomic E-state index is 12.7. The molecule has 0 aromatic heterocycles. The normalized spacial score (nSPS) is 12.6. The van der Waals surface area contributed by atoms with Crippen molar-refractivity contribution in [2.75, 3.05) is 11.4 Å². The Labute approximate surface area is 148 Å². The zero-order chi connectivity index (χ0) is 17.7. The number of carbonyl (C=O) groups is 1. The minimum atomic E-state index is -3.67. The fourth-order valence-corrected chi connectivity index (χ4v) is 4.06. The monoisotopic (exact) mass is 365 g/mol. The van der Waals surface area contributed by atoms with Gasteiger partial charge in [-0.05, 0) is 37.6 Å². The second-order valence-electron chi connectivity index (χ2n) is 5.46. The van der Waals surface area contributed by atoms with Gasteiger partial charge in [-0.3, -0.25) is 4.79 Å². The van der Waals surface area contributed by atoms with Crippen LogP contribution in [0.3, 0.4) is 0 Å². The van der Waals surface area contributed by atoms with Gasteiger partial charge in [0.2, 0.25) is 5.91 Å². The quantitative estimate of drug-likeness (QED) is 0.784. The van der Waals surface area contributed by atoms with Crippen LogP contribution < -0.4 is 4.90 Å². The third-order valence-corrected chi connectivity index (χ3v) is 6.21. The van der Waals surface area contributed by atoms with E-state index >= 15 is 0 Å². The molecule has 4 nitrogen and oxygen atoms in total. The first-order valence-electron chi connectivity index (χ1n) is 7.68. The second kappa shape index (κ2) is 7.81. The maximum atomic E-state index is 12.7. The summed E-state index contributed by atoms with van der Waals surface area (Å²) in [4.78, 5) is 14.2. The summed E-state index contributed by atoms with van der Waals surface area (Å²) < 4.78 is 25.3. The van der Waals surface area contributed by atoms with Gasteiger partial charge < -0.3 is 4.90 Å². The van der Waals surface area contributed by atoms with E-state index in [1.807, 2.05) is 25.1 Å². The lowest BCUT2D eigenvalue weighted by atomic mass is 10.2. The van der Waals surface area contributed by atoms with Crippen LogP contribution in [-0.2, 0) is 20.4 Å². The Bertz CT molecular complexity index is 806. The van der Waals surface area contributed by atoms with Gasteiger partial charge in [0.05, 0.1) is 5.75 Å². The van der Waals surface area contributed by atoms with Gasteiger partial charge in [0, 0.05) is 17.3 Å². The Balaban J connectivity index is 2.24. The van der Waals surface area contributed by atoms with E-state index in [4.69, 9.17) is 11.6 Å². The van der Waals surface area contributed by atoms with Crippen LogP contribution in [0.1, 0.15) is 19.4 Å². The molecule has 0 bridgehead atoms. The predicted molar refractivity (Wildman–Crippen MR) is 98.0 cm³/mol. The fourth-order valence-electron chi connectivity index (χ4n) is 2.40. The van der Waals surface area contributed by atoms with Gasteiger partial charge in [0.15, 0.2) is 9.84 Å². The zero-order valence-corrected chi connectivity index (χ0v) is 15.2. The van der Waals surface area contributed by atoms with E-state index in [1.54, 1.807) is 36.4 Å². The molecular weight excluding hydrogens is 346 g/mol. The largest absolute Gasteiger partial charge is 0.312 e. The molecule has 2 aromatic rings. The van der Waals surface area contributed by atoms with Crippen molar-refractivity contribution >= 4 is 33.0 Å². The second-order valence-corrected chi connectivity index (χ2v) is 8.19. The number of halogens is 1. The van der Waals surface area contributed by atoms with E-state index in [0.29, 0.717) is 22.8 Å². The highest BCUT2D eigenvalue weighted by molar-refractivity contribution is 7.92. The molecule has 24 heavy (non-hydrogen) atoms. The van der Waals surface area contributed by atoms with Crippen molar-refractivity contribution in [1.29, 1.82) is 0 Å². The van der Waals surface area contributed by atoms with E-state index in [9.17, 15) is 13.2 Å². The fraction of sp³-hybridized carbons (Fsp3) is 0.278. The molecule has 0 fully saturated rings. The van der Waals surface area contributed by atoms with Crippen LogP contribution in [0.15, 0.2) is 54.6 Å². The van der Waals surface area contributed by atoms with Crippen molar-refractivity contribution in [3.8, 4) is 0 Å². The highest BCUT2D eigenvalue weighted by Crippen LogP contribution is 2.22. The van der Waals surface area contributed by atoms with Gasteiger partial charge in [-0.15, -0.1) is 0 Å². The number of carbonyl (C=O) groups excluding carboxylic acids is 1. The smallest absolute Gasteiger partial charge is 0.245 e. The summed E-state index contributed by atoms with van der Waals surface area (Å²) in [6, 6.07) is 15.8. The first-order chi connectivity index (χ1) is 11.4. The Morgan fingerprint density at radius 1 is 1.08 bits per heavy atom. The number of benzene rings is 2. The highest BCUT2D eigenvalue weighted by Gasteiger charge is 2.32. The SMILES string of the molecule is CCN(C(=O)[C@@H](C)S(=O)(=O)Cc1ccccc1Cl)c1ccccc1. The lowest BCUT2D eigenvalue weighted by Gasteiger charge is -2.24. The third kappa shape index (κ3) is 4.16. The summed E-state index contributed by atoms with van der Waals surface area (Å²) in [6.07, 6.45) is 0. The summed E-state index contributed by atoms with van der Waals surface area (Å²) in [5, 5.41) is -0.759. The van der Waals surface area contributed by atoms with Crippen LogP contribution in [0.4, 0.5) is 5.69 Å². The molecule has 128 valence electrons. The molecule has 2 aromatic carbocycles. The van der Waals surface area contributed by atoms with Crippen LogP contribution in [0.25, 0.3) is 0 Å². The molecule has 0 spiro atoms. The molecule has 0 heterocycles. The van der Waals surface area contributed by atoms with Gasteiger partial charge in [-0.2, -0.15) is 0 Å². The number of para-hydroxylation sites is 1. The average Bonchev–Trinajstić information content (AvgIpc) is 2.57. The Kier molecular flexibility index (Phi) is 6.02. The van der Waals surface area contributed by atoms with Gasteiger partial charge >= 0.3 is 0 Å². The molecule has 0 N–H and O–H groups in total. The van der Waals surface area contributed by atoms with Crippen LogP contribution in [0, 0.1) is 0 Å². The summed E-state index contributed by atoms with van der Waals surface area (Å²) >= 11 is 6.04. The van der Waals surface area contributed by atoms with Crippen LogP contribution in [-0.4, -0.2) is 26.1 Å². The molecular formula is C18H20ClNO3S. The summed E-state index contributed by atoms with van der Waals surface area (Å²) in [5.41, 5.74) is 1.19. The lowest BCUT2D eigenvalue weighted by molar-refractivity contribution is -0.117. The van der Waals surface area contributed by atoms with Gasteiger partial charge in [0.1, 0.15) is 5.25 Å². The van der Waals surface area contributed by atoms with Crippen molar-refractivity contribution in [3.63, 3.8) is 0 Å². The van der Waals surface area contributed by atoms with E-state index in [-0.39, 0.29) is 5.75 Å². The molecule has 0 radical (unpaired) electrons. The topological polar surface area (TPSA) is 54.5 Å². The molecule has 0 aliphatic heterocycles. The summed E-state index contributed by atoms with van der Waals surface area (Å²) in [5.74, 6) is -0.692. The summed E-state index contributed by atoms with van der Waals surface area (Å²) in [7, 11) is -3.67. The Hall–Kier alpha value is -1.85. The minimum absolute atomic E-state index is 0.258. The number of amides is 1. The lowest BCUT2D eigenvalue weighted by Crippen LogP contribution is -2.42. The first-order valence-corrected chi connectivity index (χ1v) is 9.77. The standard InChI is InChI=1S/C18H20ClNO3S/c1-3-20(16-10-5-4-6-11-16)18(21)14(2)24(22,23)13-15-9-7-8-12-17(15)19/h4-12,14H,3,13H2,1-2H3/t14-/m1/s1. The van der Waals surface area contributed by atoms with Crippen molar-refractivity contribution in [2.45, 2.75) is 24.9 Å². The molecule has 0 saturated carbocycles. The molecule has 0 aliphatic carbocycles. The number of nitrogens with zero attached hydrogens (tertiary/aromatic N) is 1. The molecule has 0 aliphatic rings. The zero-order valence-electron chi connectivity index (χ0n) is 13.6. The molecule has 2 rings (SSSR count). The van der Waals surface area contributed by atoms with E-state index in [1.165, 1.54) is 11.8 Å². The Morgan fingerprint density at radius 3 is 2.25 bits per heavy atom. The predicted octanol–water partition coefficient (Wildman–Crippen LogP) is 3.70. The molecule has 0 unspecified atom stereocenters. The van der Waals surface area contributed by atoms with Crippen LogP contribution in [0.2, 0.25) is 5.02 Å². The minimum Gasteiger partial charge on any atom is -0.312 e. The van der Waals surface area contributed by atoms with Crippen LogP contribution >= 0.6 is 11.6 Å². The number of rotatable bonds is 6. The Morgan fingerprint density at radius 2 is 1.67 bits per heavy atom. The van der Waals surface area contributed by atoms with Gasteiger partial charge in [0.25, 0.3) is 0 Å². The van der Waals surface area contributed by atoms with Crippen molar-refractivity contribution in [1.82, 2.24) is 0 Å². The van der Waals surface area contributed by atoms with Crippen LogP contribution in [0.5, 0.6) is 0 Å². The number of sulfone groups is 1. The van der Waals surface area contributed by atoms with Crippen molar-refractivity contribution < 1.29 is 13.2 Å². The van der Waals surface area contributed by atoms with Gasteiger partial charge in [-0.25, -0.2) is 8.42 Å². The van der Waals surface area contributed by atoms with Crippen molar-refractivity contribution in [3.05, 3.63) is 65.2 Å². The average molecular weight is 366 g/mol. The maximum Gasteiger partial charge on any atom is 0.245 e. The first kappa shape index (κ1) is 18.5. The third-order valence-electron chi connectivity index (χ3n) is 3.85.